The van der Waals surface area contributed by atoms with Crippen LogP contribution in [0.2, 0.25) is 0 Å². The summed E-state index contributed by atoms with van der Waals surface area (Å²) in [4.78, 5) is 24.6. The molecule has 1 atom stereocenters. The first-order valence-electron chi connectivity index (χ1n) is 7.60. The number of nitrogens with zero attached hydrogens (tertiary/aromatic N) is 2. The van der Waals surface area contributed by atoms with Gasteiger partial charge in [0.25, 0.3) is 11.6 Å². The Balaban J connectivity index is 2.26. The Morgan fingerprint density at radius 1 is 1.43 bits per heavy atom. The molecular weight excluding hydrogens is 320 g/mol. The summed E-state index contributed by atoms with van der Waals surface area (Å²) >= 11 is 0. The number of amides is 1. The number of carbonyl (C=O) groups excluding carboxylic acids is 1. The van der Waals surface area contributed by atoms with E-state index < -0.39 is 14.8 Å². The minimum atomic E-state index is -3.10. The van der Waals surface area contributed by atoms with Gasteiger partial charge in [0.2, 0.25) is 0 Å². The normalized spacial score (nSPS) is 19.4. The largest absolute Gasteiger partial charge is 0.335 e. The lowest BCUT2D eigenvalue weighted by atomic mass is 10.1. The summed E-state index contributed by atoms with van der Waals surface area (Å²) in [6.45, 7) is 2.44. The van der Waals surface area contributed by atoms with Crippen molar-refractivity contribution in [2.75, 3.05) is 18.1 Å². The minimum Gasteiger partial charge on any atom is -0.335 e. The number of sulfone groups is 1. The predicted octanol–water partition coefficient (Wildman–Crippen LogP) is 2.02. The number of hydrogen-bond donors (Lipinski definition) is 0. The van der Waals surface area contributed by atoms with Crippen LogP contribution < -0.4 is 0 Å². The second kappa shape index (κ2) is 7.08. The summed E-state index contributed by atoms with van der Waals surface area (Å²) in [6, 6.07) is 5.21. The third-order valence-electron chi connectivity index (χ3n) is 3.97. The highest BCUT2D eigenvalue weighted by atomic mass is 32.2. The molecule has 1 aromatic carbocycles. The van der Waals surface area contributed by atoms with Crippen LogP contribution >= 0.6 is 0 Å². The quantitative estimate of drug-likeness (QED) is 0.583. The van der Waals surface area contributed by atoms with Gasteiger partial charge in [-0.25, -0.2) is 8.42 Å². The number of rotatable bonds is 6. The molecule has 1 fully saturated rings. The maximum absolute atomic E-state index is 12.7. The fourth-order valence-corrected chi connectivity index (χ4v) is 4.45. The lowest BCUT2D eigenvalue weighted by molar-refractivity contribution is -0.384. The second-order valence-corrected chi connectivity index (χ2v) is 7.95. The average molecular weight is 340 g/mol. The lowest BCUT2D eigenvalue weighted by Crippen LogP contribution is -2.41. The number of unbranched alkanes of at least 4 members (excludes halogenated alkanes) is 1. The monoisotopic (exact) mass is 340 g/mol. The third-order valence-corrected chi connectivity index (χ3v) is 5.72. The molecule has 1 aromatic rings. The first-order valence-corrected chi connectivity index (χ1v) is 9.42. The average Bonchev–Trinajstić information content (AvgIpc) is 2.87. The van der Waals surface area contributed by atoms with Gasteiger partial charge >= 0.3 is 0 Å². The van der Waals surface area contributed by atoms with Gasteiger partial charge in [-0.3, -0.25) is 14.9 Å². The summed E-state index contributed by atoms with van der Waals surface area (Å²) < 4.78 is 23.4. The maximum Gasteiger partial charge on any atom is 0.270 e. The Hall–Kier alpha value is -1.96. The first-order chi connectivity index (χ1) is 10.8. The van der Waals surface area contributed by atoms with Crippen LogP contribution in [0, 0.1) is 10.1 Å². The van der Waals surface area contributed by atoms with Gasteiger partial charge in [-0.1, -0.05) is 19.4 Å². The van der Waals surface area contributed by atoms with Crippen molar-refractivity contribution >= 4 is 21.4 Å². The summed E-state index contributed by atoms with van der Waals surface area (Å²) in [5, 5.41) is 10.9. The Kier molecular flexibility index (Phi) is 5.35. The van der Waals surface area contributed by atoms with E-state index in [-0.39, 0.29) is 34.7 Å². The van der Waals surface area contributed by atoms with Crippen LogP contribution in [0.15, 0.2) is 24.3 Å². The van der Waals surface area contributed by atoms with Crippen molar-refractivity contribution in [3.63, 3.8) is 0 Å². The minimum absolute atomic E-state index is 0.0304. The zero-order valence-electron chi connectivity index (χ0n) is 13.0. The molecule has 8 heteroatoms. The summed E-state index contributed by atoms with van der Waals surface area (Å²) in [5.74, 6) is -0.288. The van der Waals surface area contributed by atoms with Crippen molar-refractivity contribution in [2.24, 2.45) is 0 Å². The number of hydrogen-bond acceptors (Lipinski definition) is 5. The van der Waals surface area contributed by atoms with Gasteiger partial charge in [0.15, 0.2) is 9.84 Å². The molecule has 126 valence electrons. The van der Waals surface area contributed by atoms with Crippen molar-refractivity contribution in [3.05, 3.63) is 39.9 Å². The van der Waals surface area contributed by atoms with E-state index in [1.165, 1.54) is 24.3 Å². The van der Waals surface area contributed by atoms with Gasteiger partial charge in [0.1, 0.15) is 0 Å². The van der Waals surface area contributed by atoms with Gasteiger partial charge in [0, 0.05) is 30.3 Å². The van der Waals surface area contributed by atoms with Crippen LogP contribution in [-0.2, 0) is 9.84 Å². The molecule has 0 spiro atoms. The smallest absolute Gasteiger partial charge is 0.270 e. The van der Waals surface area contributed by atoms with Gasteiger partial charge in [-0.05, 0) is 18.9 Å². The summed E-state index contributed by atoms with van der Waals surface area (Å²) in [5.41, 5.74) is 0.0740. The van der Waals surface area contributed by atoms with Crippen molar-refractivity contribution in [1.29, 1.82) is 0 Å². The van der Waals surface area contributed by atoms with Crippen LogP contribution in [0.1, 0.15) is 36.5 Å². The van der Waals surface area contributed by atoms with E-state index in [2.05, 4.69) is 0 Å². The molecule has 0 unspecified atom stereocenters. The molecule has 1 heterocycles. The number of carbonyl (C=O) groups is 1. The Morgan fingerprint density at radius 3 is 2.74 bits per heavy atom. The standard InChI is InChI=1S/C15H20N2O5S/c1-2-3-8-16(14-7-9-23(21,22)11-14)15(18)12-5-4-6-13(10-12)17(19)20/h4-6,10,14H,2-3,7-9,11H2,1H3/t14-/m1/s1. The fraction of sp³-hybridized carbons (Fsp3) is 0.533. The highest BCUT2D eigenvalue weighted by molar-refractivity contribution is 7.91. The van der Waals surface area contributed by atoms with E-state index in [1.807, 2.05) is 6.92 Å². The predicted molar refractivity (Wildman–Crippen MR) is 86.1 cm³/mol. The molecule has 1 amide bonds. The van der Waals surface area contributed by atoms with Gasteiger partial charge in [0.05, 0.1) is 16.4 Å². The zero-order chi connectivity index (χ0) is 17.0. The zero-order valence-corrected chi connectivity index (χ0v) is 13.8. The van der Waals surface area contributed by atoms with Crippen LogP contribution in [0.25, 0.3) is 0 Å². The summed E-state index contributed by atoms with van der Waals surface area (Å²) in [7, 11) is -3.10. The molecule has 1 aliphatic heterocycles. The van der Waals surface area contributed by atoms with E-state index in [9.17, 15) is 23.3 Å². The molecule has 1 aliphatic rings. The van der Waals surface area contributed by atoms with Gasteiger partial charge in [-0.2, -0.15) is 0 Å². The number of nitro groups is 1. The Bertz CT molecular complexity index is 702. The van der Waals surface area contributed by atoms with Crippen molar-refractivity contribution < 1.29 is 18.1 Å². The number of non-ortho nitro benzene ring substituents is 1. The van der Waals surface area contributed by atoms with E-state index in [0.717, 1.165) is 12.8 Å². The topological polar surface area (TPSA) is 97.6 Å². The van der Waals surface area contributed by atoms with E-state index in [1.54, 1.807) is 4.90 Å². The molecule has 0 radical (unpaired) electrons. The molecule has 2 rings (SSSR count). The SMILES string of the molecule is CCCCN(C(=O)c1cccc([N+](=O)[O-])c1)[C@@H]1CCS(=O)(=O)C1. The highest BCUT2D eigenvalue weighted by Crippen LogP contribution is 2.22. The maximum atomic E-state index is 12.7. The Morgan fingerprint density at radius 2 is 2.17 bits per heavy atom. The van der Waals surface area contributed by atoms with Crippen molar-refractivity contribution in [1.82, 2.24) is 4.90 Å². The van der Waals surface area contributed by atoms with E-state index in [4.69, 9.17) is 0 Å². The molecule has 0 aromatic heterocycles. The van der Waals surface area contributed by atoms with Crippen LogP contribution in [0.4, 0.5) is 5.69 Å². The Labute approximate surface area is 135 Å². The van der Waals surface area contributed by atoms with Crippen LogP contribution in [-0.4, -0.2) is 48.2 Å². The van der Waals surface area contributed by atoms with Crippen molar-refractivity contribution in [3.8, 4) is 0 Å². The third kappa shape index (κ3) is 4.28. The van der Waals surface area contributed by atoms with Crippen molar-refractivity contribution in [2.45, 2.75) is 32.2 Å². The number of benzene rings is 1. The van der Waals surface area contributed by atoms with Crippen LogP contribution in [0.3, 0.4) is 0 Å². The van der Waals surface area contributed by atoms with E-state index >= 15 is 0 Å². The molecule has 1 saturated heterocycles. The molecule has 0 N–H and O–H groups in total. The number of nitro benzene ring substituents is 1. The van der Waals surface area contributed by atoms with Gasteiger partial charge < -0.3 is 4.90 Å². The molecule has 0 bridgehead atoms. The van der Waals surface area contributed by atoms with Crippen LogP contribution in [0.5, 0.6) is 0 Å². The first kappa shape index (κ1) is 17.4. The highest BCUT2D eigenvalue weighted by Gasteiger charge is 2.34. The lowest BCUT2D eigenvalue weighted by Gasteiger charge is -2.28. The van der Waals surface area contributed by atoms with Gasteiger partial charge in [-0.15, -0.1) is 0 Å². The molecule has 7 nitrogen and oxygen atoms in total. The van der Waals surface area contributed by atoms with E-state index in [0.29, 0.717) is 13.0 Å². The summed E-state index contributed by atoms with van der Waals surface area (Å²) in [6.07, 6.45) is 2.06. The molecular formula is C15H20N2O5S. The fourth-order valence-electron chi connectivity index (χ4n) is 2.72. The second-order valence-electron chi connectivity index (χ2n) is 5.72. The molecule has 0 aliphatic carbocycles. The molecule has 23 heavy (non-hydrogen) atoms. The molecule has 0 saturated carbocycles.